The van der Waals surface area contributed by atoms with Crippen molar-refractivity contribution in [2.24, 2.45) is 5.92 Å². The molecule has 3 atom stereocenters. The number of rotatable bonds is 4. The highest BCUT2D eigenvalue weighted by molar-refractivity contribution is 5.27. The molecule has 1 aromatic rings. The van der Waals surface area contributed by atoms with Crippen molar-refractivity contribution < 1.29 is 14.2 Å². The zero-order valence-electron chi connectivity index (χ0n) is 12.7. The minimum absolute atomic E-state index is 0.233. The average Bonchev–Trinajstić information content (AvgIpc) is 2.41. The minimum atomic E-state index is -0.690. The van der Waals surface area contributed by atoms with Crippen molar-refractivity contribution in [1.29, 1.82) is 0 Å². The van der Waals surface area contributed by atoms with Gasteiger partial charge >= 0.3 is 0 Å². The highest BCUT2D eigenvalue weighted by Gasteiger charge is 2.42. The van der Waals surface area contributed by atoms with Gasteiger partial charge in [0.25, 0.3) is 0 Å². The Morgan fingerprint density at radius 2 is 2.25 bits per heavy atom. The Morgan fingerprint density at radius 1 is 1.50 bits per heavy atom. The van der Waals surface area contributed by atoms with Gasteiger partial charge in [-0.3, -0.25) is 0 Å². The summed E-state index contributed by atoms with van der Waals surface area (Å²) >= 11 is 0. The second kappa shape index (κ2) is 6.23. The summed E-state index contributed by atoms with van der Waals surface area (Å²) in [5, 5.41) is 10.8. The van der Waals surface area contributed by atoms with Gasteiger partial charge in [0.05, 0.1) is 5.60 Å². The van der Waals surface area contributed by atoms with Gasteiger partial charge in [-0.2, -0.15) is 0 Å². The minimum Gasteiger partial charge on any atom is -0.385 e. The molecule has 112 valence electrons. The molecule has 2 rings (SSSR count). The van der Waals surface area contributed by atoms with Crippen molar-refractivity contribution in [3.8, 4) is 0 Å². The molecule has 3 unspecified atom stereocenters. The van der Waals surface area contributed by atoms with E-state index in [0.29, 0.717) is 18.1 Å². The number of aryl methyl sites for hydroxylation is 1. The summed E-state index contributed by atoms with van der Waals surface area (Å²) in [5.74, 6) is 0.315. The summed E-state index contributed by atoms with van der Waals surface area (Å²) < 4.78 is 19.4. The van der Waals surface area contributed by atoms with Crippen LogP contribution in [-0.2, 0) is 4.74 Å². The van der Waals surface area contributed by atoms with Crippen LogP contribution in [0.1, 0.15) is 56.8 Å². The number of hydrogen-bond acceptors (Lipinski definition) is 2. The maximum Gasteiger partial charge on any atom is 0.126 e. The van der Waals surface area contributed by atoms with Crippen molar-refractivity contribution in [1.82, 2.24) is 0 Å². The van der Waals surface area contributed by atoms with Crippen LogP contribution in [0, 0.1) is 18.7 Å². The largest absolute Gasteiger partial charge is 0.385 e. The Labute approximate surface area is 121 Å². The van der Waals surface area contributed by atoms with E-state index < -0.39 is 11.7 Å². The van der Waals surface area contributed by atoms with Crippen LogP contribution in [0.4, 0.5) is 4.39 Å². The van der Waals surface area contributed by atoms with Crippen LogP contribution in [0.3, 0.4) is 0 Å². The van der Waals surface area contributed by atoms with Crippen molar-refractivity contribution in [3.63, 3.8) is 0 Å². The fraction of sp³-hybridized carbons (Fsp3) is 0.647. The summed E-state index contributed by atoms with van der Waals surface area (Å²) in [6, 6.07) is 4.84. The van der Waals surface area contributed by atoms with Crippen molar-refractivity contribution >= 4 is 0 Å². The van der Waals surface area contributed by atoms with Gasteiger partial charge in [0.1, 0.15) is 11.9 Å². The Morgan fingerprint density at radius 3 is 2.85 bits per heavy atom. The van der Waals surface area contributed by atoms with Crippen LogP contribution in [0.5, 0.6) is 0 Å². The highest BCUT2D eigenvalue weighted by Crippen LogP contribution is 2.43. The topological polar surface area (TPSA) is 29.5 Å². The van der Waals surface area contributed by atoms with Gasteiger partial charge in [-0.05, 0) is 49.8 Å². The van der Waals surface area contributed by atoms with E-state index in [4.69, 9.17) is 4.74 Å². The fourth-order valence-corrected chi connectivity index (χ4v) is 3.43. The lowest BCUT2D eigenvalue weighted by Crippen LogP contribution is -2.43. The van der Waals surface area contributed by atoms with Crippen molar-refractivity contribution in [3.05, 3.63) is 35.1 Å². The van der Waals surface area contributed by atoms with E-state index in [1.807, 2.05) is 6.92 Å². The monoisotopic (exact) mass is 280 g/mol. The van der Waals surface area contributed by atoms with Crippen LogP contribution in [0.2, 0.25) is 0 Å². The molecule has 3 heteroatoms. The SMILES string of the molecule is CCOC1(C(O)c2ccc(F)c(C)c2)CCCC(C)C1. The first-order chi connectivity index (χ1) is 9.48. The maximum atomic E-state index is 13.4. The maximum absolute atomic E-state index is 13.4. The van der Waals surface area contributed by atoms with Gasteiger partial charge in [-0.15, -0.1) is 0 Å². The molecule has 0 bridgehead atoms. The van der Waals surface area contributed by atoms with Crippen molar-refractivity contribution in [2.75, 3.05) is 6.61 Å². The van der Waals surface area contributed by atoms with Crippen LogP contribution in [0.25, 0.3) is 0 Å². The Balaban J connectivity index is 2.30. The van der Waals surface area contributed by atoms with Crippen LogP contribution in [0.15, 0.2) is 18.2 Å². The van der Waals surface area contributed by atoms with Crippen LogP contribution in [-0.4, -0.2) is 17.3 Å². The Bertz CT molecular complexity index is 456. The lowest BCUT2D eigenvalue weighted by atomic mass is 9.74. The molecule has 0 radical (unpaired) electrons. The molecule has 0 spiro atoms. The first kappa shape index (κ1) is 15.5. The molecular formula is C17H25FO2. The molecule has 2 nitrogen and oxygen atoms in total. The van der Waals surface area contributed by atoms with Crippen LogP contribution >= 0.6 is 0 Å². The van der Waals surface area contributed by atoms with E-state index in [9.17, 15) is 9.50 Å². The summed E-state index contributed by atoms with van der Waals surface area (Å²) in [4.78, 5) is 0. The second-order valence-electron chi connectivity index (χ2n) is 6.11. The lowest BCUT2D eigenvalue weighted by Gasteiger charge is -2.43. The molecule has 1 aromatic carbocycles. The standard InChI is InChI=1S/C17H25FO2/c1-4-20-17(9-5-6-12(2)11-17)16(19)14-7-8-15(18)13(3)10-14/h7-8,10,12,16,19H,4-6,9,11H2,1-3H3. The zero-order valence-corrected chi connectivity index (χ0v) is 12.7. The van der Waals surface area contributed by atoms with E-state index >= 15 is 0 Å². The Hall–Kier alpha value is -0.930. The molecule has 0 aromatic heterocycles. The van der Waals surface area contributed by atoms with E-state index in [1.54, 1.807) is 19.1 Å². The smallest absolute Gasteiger partial charge is 0.126 e. The normalized spacial score (nSPS) is 28.4. The predicted octanol–water partition coefficient (Wildman–Crippen LogP) is 4.15. The molecule has 1 aliphatic carbocycles. The summed E-state index contributed by atoms with van der Waals surface area (Å²) in [7, 11) is 0. The first-order valence-corrected chi connectivity index (χ1v) is 7.56. The average molecular weight is 280 g/mol. The molecule has 1 saturated carbocycles. The van der Waals surface area contributed by atoms with Gasteiger partial charge in [0.2, 0.25) is 0 Å². The number of aliphatic hydroxyl groups is 1. The van der Waals surface area contributed by atoms with Gasteiger partial charge in [-0.1, -0.05) is 31.9 Å². The molecular weight excluding hydrogens is 255 g/mol. The second-order valence-corrected chi connectivity index (χ2v) is 6.11. The fourth-order valence-electron chi connectivity index (χ4n) is 3.43. The predicted molar refractivity (Wildman–Crippen MR) is 78.1 cm³/mol. The molecule has 0 heterocycles. The quantitative estimate of drug-likeness (QED) is 0.897. The first-order valence-electron chi connectivity index (χ1n) is 7.56. The molecule has 1 N–H and O–H groups in total. The number of ether oxygens (including phenoxy) is 1. The molecule has 20 heavy (non-hydrogen) atoms. The van der Waals surface area contributed by atoms with Crippen molar-refractivity contribution in [2.45, 2.75) is 58.2 Å². The number of aliphatic hydroxyl groups excluding tert-OH is 1. The third-order valence-corrected chi connectivity index (χ3v) is 4.42. The number of halogens is 1. The number of hydrogen-bond donors (Lipinski definition) is 1. The third-order valence-electron chi connectivity index (χ3n) is 4.42. The number of benzene rings is 1. The third kappa shape index (κ3) is 3.04. The molecule has 0 amide bonds. The molecule has 0 saturated heterocycles. The van der Waals surface area contributed by atoms with Gasteiger partial charge in [0, 0.05) is 6.61 Å². The van der Waals surface area contributed by atoms with Gasteiger partial charge in [-0.25, -0.2) is 4.39 Å². The van der Waals surface area contributed by atoms with Gasteiger partial charge < -0.3 is 9.84 Å². The van der Waals surface area contributed by atoms with Crippen LogP contribution < -0.4 is 0 Å². The van der Waals surface area contributed by atoms with E-state index in [1.165, 1.54) is 12.5 Å². The highest BCUT2D eigenvalue weighted by atomic mass is 19.1. The van der Waals surface area contributed by atoms with Gasteiger partial charge in [0.15, 0.2) is 0 Å². The molecule has 1 aliphatic rings. The lowest BCUT2D eigenvalue weighted by molar-refractivity contribution is -0.150. The zero-order chi connectivity index (χ0) is 14.8. The van der Waals surface area contributed by atoms with E-state index in [-0.39, 0.29) is 5.82 Å². The molecule has 1 fully saturated rings. The molecule has 0 aliphatic heterocycles. The summed E-state index contributed by atoms with van der Waals surface area (Å²) in [6.45, 7) is 6.48. The van der Waals surface area contributed by atoms with E-state index in [2.05, 4.69) is 6.92 Å². The van der Waals surface area contributed by atoms with E-state index in [0.717, 1.165) is 24.8 Å². The summed E-state index contributed by atoms with van der Waals surface area (Å²) in [6.07, 6.45) is 3.29. The Kier molecular flexibility index (Phi) is 4.82. The summed E-state index contributed by atoms with van der Waals surface area (Å²) in [5.41, 5.74) is 0.806.